The van der Waals surface area contributed by atoms with Crippen molar-refractivity contribution in [3.63, 3.8) is 0 Å². The van der Waals surface area contributed by atoms with E-state index in [1.165, 1.54) is 4.90 Å². The molecule has 1 aromatic carbocycles. The molecule has 1 aliphatic carbocycles. The fourth-order valence-corrected chi connectivity index (χ4v) is 3.99. The molecule has 3 atom stereocenters. The average molecular weight is 375 g/mol. The highest BCUT2D eigenvalue weighted by molar-refractivity contribution is 9.10. The second-order valence-corrected chi connectivity index (χ2v) is 7.06. The first kappa shape index (κ1) is 15.1. The van der Waals surface area contributed by atoms with Crippen LogP contribution >= 0.6 is 27.5 Å². The van der Waals surface area contributed by atoms with Crippen molar-refractivity contribution >= 4 is 33.6 Å². The second kappa shape index (κ2) is 6.15. The van der Waals surface area contributed by atoms with Crippen LogP contribution in [0.1, 0.15) is 18.4 Å². The maximum absolute atomic E-state index is 11.0. The molecule has 1 saturated carbocycles. The molecule has 0 aromatic heterocycles. The predicted octanol–water partition coefficient (Wildman–Crippen LogP) is 4.01. The number of halogens is 2. The monoisotopic (exact) mass is 373 g/mol. The third-order valence-corrected chi connectivity index (χ3v) is 5.82. The van der Waals surface area contributed by atoms with E-state index in [0.29, 0.717) is 36.6 Å². The molecular weight excluding hydrogens is 358 g/mol. The minimum Gasteiger partial charge on any atom is -0.465 e. The lowest BCUT2D eigenvalue weighted by Crippen LogP contribution is -2.28. The van der Waals surface area contributed by atoms with E-state index in [0.717, 1.165) is 22.9 Å². The highest BCUT2D eigenvalue weighted by atomic mass is 79.9. The summed E-state index contributed by atoms with van der Waals surface area (Å²) < 4.78 is 6.87. The molecule has 1 N–H and O–H groups in total. The van der Waals surface area contributed by atoms with Crippen LogP contribution in [0.5, 0.6) is 0 Å². The van der Waals surface area contributed by atoms with Crippen molar-refractivity contribution in [3.8, 4) is 0 Å². The lowest BCUT2D eigenvalue weighted by Gasteiger charge is -2.17. The second-order valence-electron chi connectivity index (χ2n) is 5.83. The third-order valence-electron chi connectivity index (χ3n) is 4.48. The molecule has 21 heavy (non-hydrogen) atoms. The molecule has 0 spiro atoms. The fourth-order valence-electron chi connectivity index (χ4n) is 3.40. The first-order valence-electron chi connectivity index (χ1n) is 7.07. The molecule has 1 aliphatic heterocycles. The van der Waals surface area contributed by atoms with Crippen LogP contribution in [-0.4, -0.2) is 35.3 Å². The summed E-state index contributed by atoms with van der Waals surface area (Å²) in [5, 5.41) is 9.72. The quantitative estimate of drug-likeness (QED) is 0.870. The molecule has 1 amide bonds. The summed E-state index contributed by atoms with van der Waals surface area (Å²) in [7, 11) is 0. The topological polar surface area (TPSA) is 49.8 Å². The Morgan fingerprint density at radius 2 is 2.05 bits per heavy atom. The number of carbonyl (C=O) groups is 1. The first-order chi connectivity index (χ1) is 10.0. The molecule has 1 aromatic rings. The number of likely N-dealkylation sites (tertiary alicyclic amines) is 1. The van der Waals surface area contributed by atoms with E-state index >= 15 is 0 Å². The van der Waals surface area contributed by atoms with Gasteiger partial charge in [0.15, 0.2) is 0 Å². The molecular formula is C15H17BrClNO3. The van der Waals surface area contributed by atoms with Crippen LogP contribution in [0.2, 0.25) is 5.02 Å². The molecule has 114 valence electrons. The molecule has 2 fully saturated rings. The van der Waals surface area contributed by atoms with Crippen molar-refractivity contribution < 1.29 is 14.6 Å². The van der Waals surface area contributed by atoms with Crippen molar-refractivity contribution in [1.82, 2.24) is 4.90 Å². The summed E-state index contributed by atoms with van der Waals surface area (Å²) in [6.07, 6.45) is 1.30. The van der Waals surface area contributed by atoms with Crippen LogP contribution in [0.4, 0.5) is 4.79 Å². The number of benzene rings is 1. The Morgan fingerprint density at radius 3 is 2.67 bits per heavy atom. The molecule has 0 unspecified atom stereocenters. The number of amides is 1. The molecule has 0 bridgehead atoms. The van der Waals surface area contributed by atoms with Gasteiger partial charge < -0.3 is 14.7 Å². The van der Waals surface area contributed by atoms with Crippen LogP contribution in [0.3, 0.4) is 0 Å². The standard InChI is InChI=1S/C15H17BrClNO3/c16-13-3-1-2-9(14(13)17)8-21-12-4-10-6-18(15(19)20)7-11(10)5-12/h1-3,10-12H,4-8H2,(H,19,20)/t10-,11+,12+. The number of rotatable bonds is 3. The summed E-state index contributed by atoms with van der Waals surface area (Å²) in [4.78, 5) is 12.5. The van der Waals surface area contributed by atoms with Crippen molar-refractivity contribution in [2.24, 2.45) is 11.8 Å². The maximum atomic E-state index is 11.0. The van der Waals surface area contributed by atoms with E-state index in [-0.39, 0.29) is 6.10 Å². The Kier molecular flexibility index (Phi) is 4.43. The highest BCUT2D eigenvalue weighted by Gasteiger charge is 2.42. The number of fused-ring (bicyclic) bond motifs is 1. The van der Waals surface area contributed by atoms with Crippen molar-refractivity contribution in [2.75, 3.05) is 13.1 Å². The number of ether oxygens (including phenoxy) is 1. The van der Waals surface area contributed by atoms with Gasteiger partial charge in [0, 0.05) is 17.6 Å². The van der Waals surface area contributed by atoms with Gasteiger partial charge in [0.05, 0.1) is 17.7 Å². The van der Waals surface area contributed by atoms with E-state index in [1.807, 2.05) is 18.2 Å². The molecule has 1 heterocycles. The lowest BCUT2D eigenvalue weighted by molar-refractivity contribution is 0.0376. The predicted molar refractivity (Wildman–Crippen MR) is 83.5 cm³/mol. The van der Waals surface area contributed by atoms with Gasteiger partial charge in [0.1, 0.15) is 0 Å². The Labute approximate surface area is 137 Å². The summed E-state index contributed by atoms with van der Waals surface area (Å²) in [5.41, 5.74) is 0.982. The zero-order valence-electron chi connectivity index (χ0n) is 11.5. The minimum atomic E-state index is -0.803. The van der Waals surface area contributed by atoms with Crippen molar-refractivity contribution in [3.05, 3.63) is 33.3 Å². The van der Waals surface area contributed by atoms with Gasteiger partial charge in [-0.1, -0.05) is 23.7 Å². The first-order valence-corrected chi connectivity index (χ1v) is 8.24. The Morgan fingerprint density at radius 1 is 1.38 bits per heavy atom. The SMILES string of the molecule is O=C(O)N1C[C@H]2C[C@H](OCc3cccc(Br)c3Cl)C[C@H]2C1. The number of nitrogens with zero attached hydrogens (tertiary/aromatic N) is 1. The average Bonchev–Trinajstić information content (AvgIpc) is 2.98. The van der Waals surface area contributed by atoms with E-state index < -0.39 is 6.09 Å². The van der Waals surface area contributed by atoms with E-state index in [4.69, 9.17) is 21.4 Å². The molecule has 6 heteroatoms. The Bertz CT molecular complexity index is 540. The van der Waals surface area contributed by atoms with Crippen molar-refractivity contribution in [1.29, 1.82) is 0 Å². The van der Waals surface area contributed by atoms with Crippen molar-refractivity contribution in [2.45, 2.75) is 25.6 Å². The summed E-state index contributed by atoms with van der Waals surface area (Å²) in [6, 6.07) is 5.82. The van der Waals surface area contributed by atoms with Gasteiger partial charge in [-0.15, -0.1) is 0 Å². The Balaban J connectivity index is 1.53. The molecule has 4 nitrogen and oxygen atoms in total. The van der Waals surface area contributed by atoms with Gasteiger partial charge in [0.2, 0.25) is 0 Å². The van der Waals surface area contributed by atoms with E-state index in [1.54, 1.807) is 0 Å². The van der Waals surface area contributed by atoms with Crippen LogP contribution < -0.4 is 0 Å². The molecule has 2 aliphatic rings. The maximum Gasteiger partial charge on any atom is 0.407 e. The molecule has 0 radical (unpaired) electrons. The van der Waals surface area contributed by atoms with Gasteiger partial charge >= 0.3 is 6.09 Å². The van der Waals surface area contributed by atoms with Gasteiger partial charge in [-0.25, -0.2) is 4.79 Å². The van der Waals surface area contributed by atoms with E-state index in [2.05, 4.69) is 15.9 Å². The zero-order chi connectivity index (χ0) is 15.0. The Hall–Kier alpha value is -0.780. The normalized spacial score (nSPS) is 27.9. The molecule has 1 saturated heterocycles. The van der Waals surface area contributed by atoms with Gasteiger partial charge in [-0.05, 0) is 52.2 Å². The zero-order valence-corrected chi connectivity index (χ0v) is 13.8. The van der Waals surface area contributed by atoms with Crippen LogP contribution in [0, 0.1) is 11.8 Å². The fraction of sp³-hybridized carbons (Fsp3) is 0.533. The number of hydrogen-bond donors (Lipinski definition) is 1. The lowest BCUT2D eigenvalue weighted by atomic mass is 10.0. The number of carboxylic acid groups (broad SMARTS) is 1. The highest BCUT2D eigenvalue weighted by Crippen LogP contribution is 2.40. The third kappa shape index (κ3) is 3.20. The van der Waals surface area contributed by atoms with E-state index in [9.17, 15) is 4.79 Å². The summed E-state index contributed by atoms with van der Waals surface area (Å²) >= 11 is 9.64. The smallest absolute Gasteiger partial charge is 0.407 e. The van der Waals surface area contributed by atoms with Gasteiger partial charge in [0.25, 0.3) is 0 Å². The largest absolute Gasteiger partial charge is 0.465 e. The van der Waals surface area contributed by atoms with Gasteiger partial charge in [-0.3, -0.25) is 0 Å². The van der Waals surface area contributed by atoms with Crippen LogP contribution in [0.15, 0.2) is 22.7 Å². The summed E-state index contributed by atoms with van der Waals surface area (Å²) in [6.45, 7) is 1.81. The minimum absolute atomic E-state index is 0.214. The molecule has 3 rings (SSSR count). The summed E-state index contributed by atoms with van der Waals surface area (Å²) in [5.74, 6) is 0.896. The van der Waals surface area contributed by atoms with Crippen LogP contribution in [0.25, 0.3) is 0 Å². The van der Waals surface area contributed by atoms with Crippen LogP contribution in [-0.2, 0) is 11.3 Å². The number of hydrogen-bond acceptors (Lipinski definition) is 2. The van der Waals surface area contributed by atoms with Gasteiger partial charge in [-0.2, -0.15) is 0 Å².